The van der Waals surface area contributed by atoms with E-state index < -0.39 is 21.2 Å². The van der Waals surface area contributed by atoms with Gasteiger partial charge in [0.1, 0.15) is 5.52 Å². The molecule has 0 unspecified atom stereocenters. The zero-order valence-electron chi connectivity index (χ0n) is 24.5. The summed E-state index contributed by atoms with van der Waals surface area (Å²) in [6.45, 7) is 1.49. The lowest BCUT2D eigenvalue weighted by atomic mass is 9.87. The Labute approximate surface area is 264 Å². The summed E-state index contributed by atoms with van der Waals surface area (Å²) in [6, 6.07) is 23.1. The summed E-state index contributed by atoms with van der Waals surface area (Å²) < 4.78 is 36.4. The SMILES string of the molecule is Cc1ccc(S(=O)(=O)n2ccc3c(-c4ccc5nc(Cl)nc([C@@](CO)(OC6CC6)c6ccccc6)c5c4)cn(C)c(=O)c32)cc1. The van der Waals surface area contributed by atoms with Crippen LogP contribution >= 0.6 is 11.6 Å². The molecule has 7 rings (SSSR count). The fraction of sp³-hybridized carbons (Fsp3) is 0.206. The van der Waals surface area contributed by atoms with Crippen LogP contribution in [0.2, 0.25) is 5.28 Å². The number of nitrogens with zero attached hydrogens (tertiary/aromatic N) is 4. The van der Waals surface area contributed by atoms with Crippen molar-refractivity contribution in [3.63, 3.8) is 0 Å². The molecule has 9 nitrogen and oxygen atoms in total. The molecule has 1 aliphatic carbocycles. The molecule has 1 fully saturated rings. The Morgan fingerprint density at radius 1 is 1.00 bits per heavy atom. The van der Waals surface area contributed by atoms with Crippen LogP contribution < -0.4 is 5.56 Å². The lowest BCUT2D eigenvalue weighted by Crippen LogP contribution is -2.37. The highest BCUT2D eigenvalue weighted by molar-refractivity contribution is 7.90. The van der Waals surface area contributed by atoms with Gasteiger partial charge in [0.15, 0.2) is 5.60 Å². The third kappa shape index (κ3) is 4.94. The van der Waals surface area contributed by atoms with Crippen molar-refractivity contribution < 1.29 is 18.3 Å². The number of aryl methyl sites for hydroxylation is 2. The maximum Gasteiger partial charge on any atom is 0.275 e. The van der Waals surface area contributed by atoms with E-state index in [-0.39, 0.29) is 28.4 Å². The zero-order valence-corrected chi connectivity index (χ0v) is 26.1. The minimum atomic E-state index is -4.06. The quantitative estimate of drug-likeness (QED) is 0.216. The first-order chi connectivity index (χ1) is 21.6. The van der Waals surface area contributed by atoms with Crippen molar-refractivity contribution in [2.45, 2.75) is 36.4 Å². The van der Waals surface area contributed by atoms with Crippen LogP contribution in [-0.2, 0) is 27.4 Å². The Morgan fingerprint density at radius 3 is 2.42 bits per heavy atom. The molecule has 228 valence electrons. The molecule has 3 aromatic carbocycles. The van der Waals surface area contributed by atoms with Crippen molar-refractivity contribution in [1.29, 1.82) is 0 Å². The maximum absolute atomic E-state index is 13.7. The average molecular weight is 641 g/mol. The highest BCUT2D eigenvalue weighted by Crippen LogP contribution is 2.43. The molecule has 0 bridgehead atoms. The molecular weight excluding hydrogens is 612 g/mol. The maximum atomic E-state index is 13.7. The number of hydrogen-bond donors (Lipinski definition) is 1. The lowest BCUT2D eigenvalue weighted by Gasteiger charge is -2.33. The molecular formula is C34H29ClN4O5S. The monoisotopic (exact) mass is 640 g/mol. The molecule has 11 heteroatoms. The van der Waals surface area contributed by atoms with Gasteiger partial charge in [0.2, 0.25) is 5.28 Å². The summed E-state index contributed by atoms with van der Waals surface area (Å²) in [6.07, 6.45) is 4.80. The normalized spacial score (nSPS) is 15.0. The number of pyridine rings is 1. The molecule has 1 N–H and O–H groups in total. The van der Waals surface area contributed by atoms with Gasteiger partial charge in [0.25, 0.3) is 15.6 Å². The van der Waals surface area contributed by atoms with E-state index in [1.54, 1.807) is 37.5 Å². The van der Waals surface area contributed by atoms with Crippen molar-refractivity contribution >= 4 is 43.4 Å². The summed E-state index contributed by atoms with van der Waals surface area (Å²) in [5.41, 5.74) is 2.20. The Kier molecular flexibility index (Phi) is 7.13. The number of ether oxygens (including phenoxy) is 1. The molecule has 0 radical (unpaired) electrons. The van der Waals surface area contributed by atoms with Gasteiger partial charge in [-0.1, -0.05) is 54.1 Å². The van der Waals surface area contributed by atoms with Crippen LogP contribution in [0.5, 0.6) is 0 Å². The number of hydrogen-bond acceptors (Lipinski definition) is 7. The lowest BCUT2D eigenvalue weighted by molar-refractivity contribution is -0.0672. The average Bonchev–Trinajstić information content (AvgIpc) is 3.74. The molecule has 1 saturated carbocycles. The third-order valence-electron chi connectivity index (χ3n) is 8.28. The molecule has 0 aliphatic heterocycles. The molecule has 45 heavy (non-hydrogen) atoms. The predicted octanol–water partition coefficient (Wildman–Crippen LogP) is 5.56. The van der Waals surface area contributed by atoms with Gasteiger partial charge in [0, 0.05) is 35.8 Å². The first-order valence-electron chi connectivity index (χ1n) is 14.5. The fourth-order valence-electron chi connectivity index (χ4n) is 5.80. The van der Waals surface area contributed by atoms with Crippen molar-refractivity contribution in [3.05, 3.63) is 124 Å². The number of rotatable bonds is 8. The molecule has 1 aliphatic rings. The predicted molar refractivity (Wildman–Crippen MR) is 173 cm³/mol. The van der Waals surface area contributed by atoms with Crippen molar-refractivity contribution in [2.24, 2.45) is 7.05 Å². The molecule has 0 saturated heterocycles. The smallest absolute Gasteiger partial charge is 0.275 e. The summed E-state index contributed by atoms with van der Waals surface area (Å²) in [7, 11) is -2.47. The van der Waals surface area contributed by atoms with E-state index in [1.807, 2.05) is 49.4 Å². The second kappa shape index (κ2) is 10.9. The first-order valence-corrected chi connectivity index (χ1v) is 16.3. The summed E-state index contributed by atoms with van der Waals surface area (Å²) in [5.74, 6) is 0. The Bertz CT molecular complexity index is 2260. The summed E-state index contributed by atoms with van der Waals surface area (Å²) in [4.78, 5) is 22.6. The van der Waals surface area contributed by atoms with Gasteiger partial charge in [-0.2, -0.15) is 0 Å². The zero-order chi connectivity index (χ0) is 31.5. The van der Waals surface area contributed by atoms with E-state index in [4.69, 9.17) is 16.3 Å². The number of benzene rings is 3. The van der Waals surface area contributed by atoms with Crippen LogP contribution in [0, 0.1) is 6.92 Å². The first kappa shape index (κ1) is 29.4. The van der Waals surface area contributed by atoms with Crippen LogP contribution in [0.15, 0.2) is 101 Å². The summed E-state index contributed by atoms with van der Waals surface area (Å²) >= 11 is 6.45. The van der Waals surface area contributed by atoms with Crippen molar-refractivity contribution in [3.8, 4) is 11.1 Å². The number of aliphatic hydroxyl groups excluding tert-OH is 1. The van der Waals surface area contributed by atoms with Crippen LogP contribution in [-0.4, -0.2) is 44.7 Å². The van der Waals surface area contributed by atoms with E-state index >= 15 is 0 Å². The molecule has 6 aromatic rings. The molecule has 0 spiro atoms. The van der Waals surface area contributed by atoms with Gasteiger partial charge in [-0.05, 0) is 72.8 Å². The van der Waals surface area contributed by atoms with Crippen LogP contribution in [0.4, 0.5) is 0 Å². The number of aliphatic hydroxyl groups is 1. The Morgan fingerprint density at radius 2 is 1.73 bits per heavy atom. The van der Waals surface area contributed by atoms with E-state index in [9.17, 15) is 18.3 Å². The Hall–Kier alpha value is -4.35. The van der Waals surface area contributed by atoms with Crippen LogP contribution in [0.1, 0.15) is 29.7 Å². The van der Waals surface area contributed by atoms with Gasteiger partial charge < -0.3 is 14.4 Å². The number of fused-ring (bicyclic) bond motifs is 2. The highest BCUT2D eigenvalue weighted by Gasteiger charge is 2.43. The van der Waals surface area contributed by atoms with Gasteiger partial charge in [-0.15, -0.1) is 0 Å². The van der Waals surface area contributed by atoms with E-state index in [0.29, 0.717) is 33.1 Å². The van der Waals surface area contributed by atoms with Gasteiger partial charge in [-0.3, -0.25) is 4.79 Å². The van der Waals surface area contributed by atoms with Gasteiger partial charge in [-0.25, -0.2) is 22.4 Å². The number of halogens is 1. The van der Waals surface area contributed by atoms with Gasteiger partial charge in [0.05, 0.1) is 28.8 Å². The topological polar surface area (TPSA) is 116 Å². The van der Waals surface area contributed by atoms with Crippen LogP contribution in [0.3, 0.4) is 0 Å². The molecule has 0 amide bonds. The standard InChI is InChI=1S/C34H29ClN4O5S/c1-21-8-13-25(14-9-21)45(42,43)39-17-16-26-28(19-38(2)32(41)30(26)39)22-10-15-29-27(18-22)31(37-33(35)36-29)34(20-40,44-24-11-12-24)23-6-4-3-5-7-23/h3-10,13-19,24,40H,11-12,20H2,1-2H3/t34-/m0/s1. The second-order valence-electron chi connectivity index (χ2n) is 11.4. The second-order valence-corrected chi connectivity index (χ2v) is 13.5. The third-order valence-corrected chi connectivity index (χ3v) is 10.1. The van der Waals surface area contributed by atoms with E-state index in [0.717, 1.165) is 27.9 Å². The van der Waals surface area contributed by atoms with Gasteiger partial charge >= 0.3 is 0 Å². The van der Waals surface area contributed by atoms with Crippen molar-refractivity contribution in [2.75, 3.05) is 6.61 Å². The van der Waals surface area contributed by atoms with Crippen molar-refractivity contribution in [1.82, 2.24) is 18.5 Å². The molecule has 1 atom stereocenters. The Balaban J connectivity index is 1.46. The fourth-order valence-corrected chi connectivity index (χ4v) is 7.32. The largest absolute Gasteiger partial charge is 0.393 e. The summed E-state index contributed by atoms with van der Waals surface area (Å²) in [5, 5.41) is 12.1. The van der Waals surface area contributed by atoms with E-state index in [1.165, 1.54) is 22.9 Å². The van der Waals surface area contributed by atoms with Crippen LogP contribution in [0.25, 0.3) is 32.9 Å². The highest BCUT2D eigenvalue weighted by atomic mass is 35.5. The minimum absolute atomic E-state index is 0.0151. The molecule has 3 aromatic heterocycles. The minimum Gasteiger partial charge on any atom is -0.393 e. The van der Waals surface area contributed by atoms with E-state index in [2.05, 4.69) is 9.97 Å². The molecule has 3 heterocycles. The number of aromatic nitrogens is 4.